The number of nitrogens with zero attached hydrogens (tertiary/aromatic N) is 5. The van der Waals surface area contributed by atoms with Crippen LogP contribution in [0.3, 0.4) is 0 Å². The predicted octanol–water partition coefficient (Wildman–Crippen LogP) is -1.91. The molecule has 33 heavy (non-hydrogen) atoms. The first kappa shape index (κ1) is 24.6. The van der Waals surface area contributed by atoms with E-state index in [1.54, 1.807) is 11.9 Å². The standard InChI is InChI=1S/C18H24N10O5/c1-28(7-8-6-23-15-13(24-8)14(21)26-18(22)27-15)11(20)4-2-9(19)16(31)25-10(17(32)33)3-5-12(29)30/h2,4,6,10H,3,5,7,19-20H2,1H3,(H,25,31)(H,29,30)(H,32,33)(H4,21,22,23,26,27)/b9-2-,11-4+. The molecule has 2 rings (SSSR count). The third-order valence-electron chi connectivity index (χ3n) is 4.29. The minimum atomic E-state index is -1.40. The Kier molecular flexibility index (Phi) is 7.87. The minimum Gasteiger partial charge on any atom is -0.481 e. The molecule has 0 spiro atoms. The molecule has 15 nitrogen and oxygen atoms in total. The molecule has 15 heteroatoms. The van der Waals surface area contributed by atoms with E-state index in [1.807, 2.05) is 0 Å². The van der Waals surface area contributed by atoms with Gasteiger partial charge < -0.3 is 43.4 Å². The van der Waals surface area contributed by atoms with Crippen molar-refractivity contribution in [1.82, 2.24) is 30.2 Å². The van der Waals surface area contributed by atoms with Crippen molar-refractivity contribution >= 4 is 40.8 Å². The lowest BCUT2D eigenvalue weighted by Crippen LogP contribution is -2.42. The lowest BCUT2D eigenvalue weighted by atomic mass is 10.1. The number of aromatic nitrogens is 4. The van der Waals surface area contributed by atoms with E-state index >= 15 is 0 Å². The summed E-state index contributed by atoms with van der Waals surface area (Å²) in [7, 11) is 1.65. The molecule has 0 aliphatic rings. The molecule has 0 bridgehead atoms. The Morgan fingerprint density at radius 3 is 2.48 bits per heavy atom. The van der Waals surface area contributed by atoms with Gasteiger partial charge in [0, 0.05) is 13.5 Å². The molecule has 11 N–H and O–H groups in total. The molecule has 0 saturated carbocycles. The van der Waals surface area contributed by atoms with Gasteiger partial charge in [-0.05, 0) is 18.6 Å². The first-order valence-corrected chi connectivity index (χ1v) is 9.42. The number of nitrogens with two attached hydrogens (primary N) is 4. The second-order valence-corrected chi connectivity index (χ2v) is 6.87. The van der Waals surface area contributed by atoms with Crippen LogP contribution in [-0.4, -0.2) is 66.0 Å². The van der Waals surface area contributed by atoms with Gasteiger partial charge in [0.15, 0.2) is 17.0 Å². The molecule has 176 valence electrons. The molecular formula is C18H24N10O5. The largest absolute Gasteiger partial charge is 0.481 e. The Morgan fingerprint density at radius 1 is 1.15 bits per heavy atom. The Morgan fingerprint density at radius 2 is 1.85 bits per heavy atom. The average Bonchev–Trinajstić information content (AvgIpc) is 2.74. The highest BCUT2D eigenvalue weighted by molar-refractivity contribution is 5.95. The van der Waals surface area contributed by atoms with Gasteiger partial charge in [0.25, 0.3) is 5.91 Å². The number of carbonyl (C=O) groups is 3. The van der Waals surface area contributed by atoms with Gasteiger partial charge in [-0.25, -0.2) is 14.8 Å². The Hall–Kier alpha value is -4.69. The van der Waals surface area contributed by atoms with Crippen molar-refractivity contribution in [3.63, 3.8) is 0 Å². The van der Waals surface area contributed by atoms with Crippen LogP contribution in [0, 0.1) is 0 Å². The molecular weight excluding hydrogens is 436 g/mol. The molecule has 2 aromatic heterocycles. The zero-order valence-electron chi connectivity index (χ0n) is 17.6. The quantitative estimate of drug-likeness (QED) is 0.151. The van der Waals surface area contributed by atoms with Gasteiger partial charge in [0.1, 0.15) is 6.04 Å². The number of nitrogens with one attached hydrogen (secondary N) is 1. The molecule has 1 unspecified atom stereocenters. The van der Waals surface area contributed by atoms with Gasteiger partial charge in [-0.1, -0.05) is 0 Å². The maximum atomic E-state index is 12.1. The highest BCUT2D eigenvalue weighted by Gasteiger charge is 2.21. The zero-order valence-corrected chi connectivity index (χ0v) is 17.6. The van der Waals surface area contributed by atoms with E-state index in [1.165, 1.54) is 18.3 Å². The number of amides is 1. The van der Waals surface area contributed by atoms with Crippen molar-refractivity contribution in [2.75, 3.05) is 18.5 Å². The van der Waals surface area contributed by atoms with E-state index in [-0.39, 0.29) is 47.4 Å². The van der Waals surface area contributed by atoms with Crippen molar-refractivity contribution in [2.24, 2.45) is 11.5 Å². The predicted molar refractivity (Wildman–Crippen MR) is 116 cm³/mol. The van der Waals surface area contributed by atoms with Gasteiger partial charge in [-0.2, -0.15) is 9.97 Å². The summed E-state index contributed by atoms with van der Waals surface area (Å²) in [6.45, 7) is 0.214. The topological polar surface area (TPSA) is 263 Å². The normalized spacial score (nSPS) is 12.9. The van der Waals surface area contributed by atoms with Crippen LogP contribution in [0.4, 0.5) is 11.8 Å². The fraction of sp³-hybridized carbons (Fsp3) is 0.278. The second-order valence-electron chi connectivity index (χ2n) is 6.87. The summed E-state index contributed by atoms with van der Waals surface area (Å²) in [4.78, 5) is 51.8. The van der Waals surface area contributed by atoms with Crippen molar-refractivity contribution in [3.05, 3.63) is 35.6 Å². The number of nitrogen functional groups attached to an aromatic ring is 2. The average molecular weight is 460 g/mol. The van der Waals surface area contributed by atoms with Gasteiger partial charge in [-0.3, -0.25) is 9.59 Å². The maximum Gasteiger partial charge on any atom is 0.326 e. The molecule has 0 aromatic carbocycles. The number of fused-ring (bicyclic) bond motifs is 1. The van der Waals surface area contributed by atoms with E-state index < -0.39 is 30.3 Å². The van der Waals surface area contributed by atoms with E-state index in [9.17, 15) is 14.4 Å². The van der Waals surface area contributed by atoms with E-state index in [2.05, 4.69) is 25.3 Å². The number of anilines is 2. The third-order valence-corrected chi connectivity index (χ3v) is 4.29. The molecule has 0 radical (unpaired) electrons. The van der Waals surface area contributed by atoms with Crippen molar-refractivity contribution in [1.29, 1.82) is 0 Å². The minimum absolute atomic E-state index is 0.0173. The van der Waals surface area contributed by atoms with Gasteiger partial charge in [-0.15, -0.1) is 0 Å². The molecule has 1 atom stereocenters. The van der Waals surface area contributed by atoms with E-state index in [4.69, 9.17) is 33.1 Å². The van der Waals surface area contributed by atoms with Gasteiger partial charge in [0.05, 0.1) is 30.0 Å². The van der Waals surface area contributed by atoms with Gasteiger partial charge >= 0.3 is 11.9 Å². The molecule has 0 aliphatic carbocycles. The monoisotopic (exact) mass is 460 g/mol. The van der Waals surface area contributed by atoms with Crippen LogP contribution in [0.25, 0.3) is 11.2 Å². The summed E-state index contributed by atoms with van der Waals surface area (Å²) in [5, 5.41) is 19.9. The molecule has 2 heterocycles. The van der Waals surface area contributed by atoms with Crippen molar-refractivity contribution in [3.8, 4) is 0 Å². The summed E-state index contributed by atoms with van der Waals surface area (Å²) in [5.74, 6) is -3.17. The SMILES string of the molecule is CN(Cc1cnc2nc(N)nc(N)c2n1)/C(N)=C/C=C(\N)C(=O)NC(CCC(=O)O)C(=O)O. The smallest absolute Gasteiger partial charge is 0.326 e. The number of allylic oxidation sites excluding steroid dienone is 2. The number of carboxylic acids is 2. The number of carboxylic acid groups (broad SMARTS) is 2. The Balaban J connectivity index is 2.06. The van der Waals surface area contributed by atoms with Crippen LogP contribution in [0.15, 0.2) is 29.9 Å². The first-order chi connectivity index (χ1) is 15.5. The fourth-order valence-corrected chi connectivity index (χ4v) is 2.54. The number of rotatable bonds is 10. The van der Waals surface area contributed by atoms with Crippen molar-refractivity contribution in [2.45, 2.75) is 25.4 Å². The van der Waals surface area contributed by atoms with Crippen LogP contribution in [-0.2, 0) is 20.9 Å². The van der Waals surface area contributed by atoms with Crippen LogP contribution in [0.1, 0.15) is 18.5 Å². The lowest BCUT2D eigenvalue weighted by molar-refractivity contribution is -0.142. The first-order valence-electron chi connectivity index (χ1n) is 9.42. The summed E-state index contributed by atoms with van der Waals surface area (Å²) in [6, 6.07) is -1.40. The van der Waals surface area contributed by atoms with Crippen LogP contribution in [0.2, 0.25) is 0 Å². The van der Waals surface area contributed by atoms with Crippen LogP contribution >= 0.6 is 0 Å². The van der Waals surface area contributed by atoms with E-state index in [0.717, 1.165) is 0 Å². The maximum absolute atomic E-state index is 12.1. The molecule has 0 fully saturated rings. The summed E-state index contributed by atoms with van der Waals surface area (Å²) in [5.41, 5.74) is 23.7. The van der Waals surface area contributed by atoms with Crippen LogP contribution < -0.4 is 28.3 Å². The number of aliphatic carboxylic acids is 2. The van der Waals surface area contributed by atoms with E-state index in [0.29, 0.717) is 5.69 Å². The molecule has 0 aliphatic heterocycles. The zero-order chi connectivity index (χ0) is 24.7. The summed E-state index contributed by atoms with van der Waals surface area (Å²) in [6.07, 6.45) is 3.28. The number of carbonyl (C=O) groups excluding carboxylic acids is 1. The number of hydrogen-bond acceptors (Lipinski definition) is 12. The fourth-order valence-electron chi connectivity index (χ4n) is 2.54. The summed E-state index contributed by atoms with van der Waals surface area (Å²) < 4.78 is 0. The summed E-state index contributed by atoms with van der Waals surface area (Å²) >= 11 is 0. The highest BCUT2D eigenvalue weighted by atomic mass is 16.4. The van der Waals surface area contributed by atoms with Gasteiger partial charge in [0.2, 0.25) is 5.95 Å². The van der Waals surface area contributed by atoms with Crippen molar-refractivity contribution < 1.29 is 24.6 Å². The molecule has 1 amide bonds. The Labute approximate surface area is 187 Å². The Bertz CT molecular complexity index is 1130. The third kappa shape index (κ3) is 6.91. The highest BCUT2D eigenvalue weighted by Crippen LogP contribution is 2.15. The molecule has 2 aromatic rings. The molecule has 0 saturated heterocycles. The lowest BCUT2D eigenvalue weighted by Gasteiger charge is -2.18. The van der Waals surface area contributed by atoms with Crippen LogP contribution in [0.5, 0.6) is 0 Å². The number of hydrogen-bond donors (Lipinski definition) is 7. The second kappa shape index (κ2) is 10.6.